The molecule has 1 aliphatic rings. The van der Waals surface area contributed by atoms with Crippen molar-refractivity contribution in [3.05, 3.63) is 107 Å². The quantitative estimate of drug-likeness (QED) is 0.419. The predicted octanol–water partition coefficient (Wildman–Crippen LogP) is 4.01. The molecule has 2 heterocycles. The molecule has 4 rings (SSSR count). The number of hydrogen-bond donors (Lipinski definition) is 1. The maximum Gasteiger partial charge on any atom is 0.296 e. The fourth-order valence-electron chi connectivity index (χ4n) is 3.65. The van der Waals surface area contributed by atoms with E-state index >= 15 is 0 Å². The van der Waals surface area contributed by atoms with Gasteiger partial charge in [-0.15, -0.1) is 0 Å². The highest BCUT2D eigenvalue weighted by molar-refractivity contribution is 6.46. The molecule has 1 aromatic heterocycles. The molecule has 1 unspecified atom stereocenters. The Hall–Kier alpha value is -3.73. The number of aryl methyl sites for hydroxylation is 1. The van der Waals surface area contributed by atoms with E-state index in [2.05, 4.69) is 4.98 Å². The molecule has 2 aromatic carbocycles. The smallest absolute Gasteiger partial charge is 0.296 e. The van der Waals surface area contributed by atoms with E-state index in [0.717, 1.165) is 11.1 Å². The van der Waals surface area contributed by atoms with Crippen molar-refractivity contribution in [1.29, 1.82) is 0 Å². The molecule has 1 atom stereocenters. The molecule has 0 spiro atoms. The number of hydrogen-bond acceptors (Lipinski definition) is 4. The number of benzene rings is 2. The zero-order valence-corrected chi connectivity index (χ0v) is 15.9. The maximum atomic E-state index is 13.0. The second kappa shape index (κ2) is 7.72. The Balaban J connectivity index is 1.87. The Morgan fingerprint density at radius 2 is 1.76 bits per heavy atom. The number of carbonyl (C=O) groups is 2. The average molecular weight is 384 g/mol. The van der Waals surface area contributed by atoms with Crippen molar-refractivity contribution in [2.24, 2.45) is 0 Å². The van der Waals surface area contributed by atoms with Gasteiger partial charge in [0.2, 0.25) is 0 Å². The molecular formula is C24H20N2O3. The van der Waals surface area contributed by atoms with Crippen LogP contribution in [0, 0.1) is 6.92 Å². The highest BCUT2D eigenvalue weighted by Crippen LogP contribution is 2.40. The summed E-state index contributed by atoms with van der Waals surface area (Å²) in [6, 6.07) is 21.2. The van der Waals surface area contributed by atoms with Gasteiger partial charge in [-0.3, -0.25) is 14.6 Å². The lowest BCUT2D eigenvalue weighted by Gasteiger charge is -2.25. The summed E-state index contributed by atoms with van der Waals surface area (Å²) in [5.41, 5.74) is 3.05. The van der Waals surface area contributed by atoms with E-state index in [9.17, 15) is 14.7 Å². The van der Waals surface area contributed by atoms with Crippen LogP contribution < -0.4 is 0 Å². The van der Waals surface area contributed by atoms with Gasteiger partial charge < -0.3 is 10.0 Å². The summed E-state index contributed by atoms with van der Waals surface area (Å²) in [4.78, 5) is 31.7. The van der Waals surface area contributed by atoms with Crippen molar-refractivity contribution >= 4 is 17.4 Å². The van der Waals surface area contributed by atoms with Crippen LogP contribution in [0.25, 0.3) is 5.76 Å². The van der Waals surface area contributed by atoms with Gasteiger partial charge in [-0.2, -0.15) is 0 Å². The first-order valence-corrected chi connectivity index (χ1v) is 9.36. The number of aliphatic hydroxyl groups is 1. The van der Waals surface area contributed by atoms with Crippen molar-refractivity contribution in [3.8, 4) is 0 Å². The van der Waals surface area contributed by atoms with Gasteiger partial charge in [0.25, 0.3) is 11.7 Å². The molecule has 1 amide bonds. The fraction of sp³-hybridized carbons (Fsp3) is 0.125. The first-order valence-electron chi connectivity index (χ1n) is 9.36. The largest absolute Gasteiger partial charge is 0.507 e. The van der Waals surface area contributed by atoms with Crippen LogP contribution in [-0.4, -0.2) is 26.7 Å². The van der Waals surface area contributed by atoms with Gasteiger partial charge in [0.1, 0.15) is 5.76 Å². The van der Waals surface area contributed by atoms with Gasteiger partial charge in [0.05, 0.1) is 23.9 Å². The summed E-state index contributed by atoms with van der Waals surface area (Å²) in [6.07, 6.45) is 1.65. The number of aromatic nitrogens is 1. The fourth-order valence-corrected chi connectivity index (χ4v) is 3.65. The van der Waals surface area contributed by atoms with E-state index in [1.54, 1.807) is 36.5 Å². The zero-order valence-electron chi connectivity index (χ0n) is 15.9. The summed E-state index contributed by atoms with van der Waals surface area (Å²) in [5, 5.41) is 11.0. The monoisotopic (exact) mass is 384 g/mol. The molecule has 0 saturated carbocycles. The molecule has 0 aliphatic carbocycles. The minimum Gasteiger partial charge on any atom is -0.507 e. The van der Waals surface area contributed by atoms with Gasteiger partial charge >= 0.3 is 0 Å². The molecular weight excluding hydrogens is 364 g/mol. The second-order valence-electron chi connectivity index (χ2n) is 7.03. The van der Waals surface area contributed by atoms with Gasteiger partial charge in [0, 0.05) is 11.8 Å². The van der Waals surface area contributed by atoms with Gasteiger partial charge in [0.15, 0.2) is 0 Å². The topological polar surface area (TPSA) is 70.5 Å². The van der Waals surface area contributed by atoms with Gasteiger partial charge in [-0.1, -0.05) is 66.2 Å². The van der Waals surface area contributed by atoms with Crippen molar-refractivity contribution < 1.29 is 14.7 Å². The summed E-state index contributed by atoms with van der Waals surface area (Å²) in [7, 11) is 0. The molecule has 1 N–H and O–H groups in total. The van der Waals surface area contributed by atoms with Crippen LogP contribution in [0.2, 0.25) is 0 Å². The second-order valence-corrected chi connectivity index (χ2v) is 7.03. The molecule has 144 valence electrons. The van der Waals surface area contributed by atoms with Crippen molar-refractivity contribution in [3.63, 3.8) is 0 Å². The lowest BCUT2D eigenvalue weighted by molar-refractivity contribution is -0.140. The third-order valence-electron chi connectivity index (χ3n) is 5.00. The number of amides is 1. The van der Waals surface area contributed by atoms with Crippen LogP contribution in [0.4, 0.5) is 0 Å². The number of likely N-dealkylation sites (tertiary alicyclic amines) is 1. The molecule has 1 fully saturated rings. The first kappa shape index (κ1) is 18.6. The van der Waals surface area contributed by atoms with E-state index < -0.39 is 17.7 Å². The SMILES string of the molecule is Cc1cccc(C2/C(=C(/O)c3ccccc3)C(=O)C(=O)N2Cc2ccccn2)c1. The average Bonchev–Trinajstić information content (AvgIpc) is 2.99. The number of nitrogens with zero attached hydrogens (tertiary/aromatic N) is 2. The van der Waals surface area contributed by atoms with Crippen LogP contribution in [-0.2, 0) is 16.1 Å². The van der Waals surface area contributed by atoms with E-state index in [0.29, 0.717) is 11.3 Å². The third kappa shape index (κ3) is 3.55. The Kier molecular flexibility index (Phi) is 4.96. The summed E-state index contributed by atoms with van der Waals surface area (Å²) in [6.45, 7) is 2.13. The molecule has 29 heavy (non-hydrogen) atoms. The van der Waals surface area contributed by atoms with E-state index in [1.807, 2.05) is 49.4 Å². The number of carbonyl (C=O) groups excluding carboxylic acids is 2. The molecule has 5 heteroatoms. The lowest BCUT2D eigenvalue weighted by atomic mass is 9.94. The summed E-state index contributed by atoms with van der Waals surface area (Å²) in [5.74, 6) is -1.49. The number of pyridine rings is 1. The number of Topliss-reactive ketones (excluding diaryl/α,β-unsaturated/α-hetero) is 1. The number of ketones is 1. The van der Waals surface area contributed by atoms with E-state index in [1.165, 1.54) is 4.90 Å². The molecule has 0 radical (unpaired) electrons. The molecule has 5 nitrogen and oxygen atoms in total. The Bertz CT molecular complexity index is 1090. The highest BCUT2D eigenvalue weighted by Gasteiger charge is 2.46. The Labute approximate surface area is 169 Å². The summed E-state index contributed by atoms with van der Waals surface area (Å²) < 4.78 is 0. The predicted molar refractivity (Wildman–Crippen MR) is 110 cm³/mol. The van der Waals surface area contributed by atoms with Crippen molar-refractivity contribution in [2.75, 3.05) is 0 Å². The zero-order chi connectivity index (χ0) is 20.4. The van der Waals surface area contributed by atoms with Crippen molar-refractivity contribution in [2.45, 2.75) is 19.5 Å². The molecule has 3 aromatic rings. The van der Waals surface area contributed by atoms with E-state index in [-0.39, 0.29) is 17.9 Å². The van der Waals surface area contributed by atoms with Crippen molar-refractivity contribution in [1.82, 2.24) is 9.88 Å². The number of rotatable bonds is 4. The molecule has 0 bridgehead atoms. The summed E-state index contributed by atoms with van der Waals surface area (Å²) >= 11 is 0. The minimum absolute atomic E-state index is 0.0998. The maximum absolute atomic E-state index is 13.0. The van der Waals surface area contributed by atoms with Crippen LogP contribution in [0.3, 0.4) is 0 Å². The first-order chi connectivity index (χ1) is 14.1. The van der Waals surface area contributed by atoms with Crippen LogP contribution in [0.15, 0.2) is 84.6 Å². The van der Waals surface area contributed by atoms with Crippen LogP contribution >= 0.6 is 0 Å². The molecule has 1 aliphatic heterocycles. The number of aliphatic hydroxyl groups excluding tert-OH is 1. The third-order valence-corrected chi connectivity index (χ3v) is 5.00. The van der Waals surface area contributed by atoms with Gasteiger partial charge in [-0.05, 0) is 24.6 Å². The standard InChI is InChI=1S/C24H20N2O3/c1-16-8-7-11-18(14-16)21-20(22(27)17-9-3-2-4-10-17)23(28)24(29)26(21)15-19-12-5-6-13-25-19/h2-14,21,27H,15H2,1H3/b22-20-. The van der Waals surface area contributed by atoms with Crippen LogP contribution in [0.5, 0.6) is 0 Å². The Morgan fingerprint density at radius 1 is 1.00 bits per heavy atom. The van der Waals surface area contributed by atoms with E-state index in [4.69, 9.17) is 0 Å². The normalized spacial score (nSPS) is 18.2. The highest BCUT2D eigenvalue weighted by atomic mass is 16.3. The lowest BCUT2D eigenvalue weighted by Crippen LogP contribution is -2.29. The molecule has 1 saturated heterocycles. The Morgan fingerprint density at radius 3 is 2.45 bits per heavy atom. The minimum atomic E-state index is -0.686. The van der Waals surface area contributed by atoms with Crippen LogP contribution in [0.1, 0.15) is 28.4 Å². The van der Waals surface area contributed by atoms with Gasteiger partial charge in [-0.25, -0.2) is 0 Å².